The fourth-order valence-electron chi connectivity index (χ4n) is 3.20. The second-order valence-electron chi connectivity index (χ2n) is 6.10. The van der Waals surface area contributed by atoms with Crippen molar-refractivity contribution >= 4 is 5.91 Å². The van der Waals surface area contributed by atoms with Gasteiger partial charge in [0, 0.05) is 18.2 Å². The third kappa shape index (κ3) is 4.20. The van der Waals surface area contributed by atoms with E-state index in [1.807, 2.05) is 36.4 Å². The molecule has 1 saturated heterocycles. The van der Waals surface area contributed by atoms with Crippen molar-refractivity contribution in [3.63, 3.8) is 0 Å². The Kier molecular flexibility index (Phi) is 5.43. The van der Waals surface area contributed by atoms with Crippen molar-refractivity contribution in [3.8, 4) is 0 Å². The number of benzene rings is 2. The maximum Gasteiger partial charge on any atom is 0.251 e. The van der Waals surface area contributed by atoms with E-state index in [9.17, 15) is 4.79 Å². The molecule has 1 amide bonds. The summed E-state index contributed by atoms with van der Waals surface area (Å²) in [4.78, 5) is 12.2. The molecule has 1 atom stereocenters. The summed E-state index contributed by atoms with van der Waals surface area (Å²) in [6.45, 7) is 1.65. The Morgan fingerprint density at radius 2 is 1.78 bits per heavy atom. The molecule has 23 heavy (non-hydrogen) atoms. The monoisotopic (exact) mass is 308 g/mol. The van der Waals surface area contributed by atoms with E-state index in [2.05, 4.69) is 28.8 Å². The summed E-state index contributed by atoms with van der Waals surface area (Å²) in [7, 11) is 0. The fraction of sp³-hybridized carbons (Fsp3) is 0.350. The van der Waals surface area contributed by atoms with Crippen LogP contribution in [0.15, 0.2) is 54.6 Å². The molecule has 0 spiro atoms. The lowest BCUT2D eigenvalue weighted by Gasteiger charge is -2.20. The average Bonchev–Trinajstić information content (AvgIpc) is 2.90. The Morgan fingerprint density at radius 3 is 2.65 bits per heavy atom. The molecule has 3 rings (SSSR count). The molecular formula is C20H24N2O. The van der Waals surface area contributed by atoms with E-state index in [1.165, 1.54) is 36.8 Å². The topological polar surface area (TPSA) is 41.1 Å². The van der Waals surface area contributed by atoms with E-state index in [1.54, 1.807) is 0 Å². The van der Waals surface area contributed by atoms with Gasteiger partial charge in [0.2, 0.25) is 0 Å². The summed E-state index contributed by atoms with van der Waals surface area (Å²) < 4.78 is 0. The Labute approximate surface area is 138 Å². The first kappa shape index (κ1) is 15.8. The minimum absolute atomic E-state index is 0.0192. The maximum atomic E-state index is 12.2. The van der Waals surface area contributed by atoms with E-state index in [-0.39, 0.29) is 5.91 Å². The number of carbonyl (C=O) groups excluding carboxylic acids is 1. The van der Waals surface area contributed by atoms with Gasteiger partial charge in [-0.2, -0.15) is 0 Å². The smallest absolute Gasteiger partial charge is 0.251 e. The van der Waals surface area contributed by atoms with Crippen molar-refractivity contribution < 1.29 is 4.79 Å². The summed E-state index contributed by atoms with van der Waals surface area (Å²) in [5.41, 5.74) is 3.23. The van der Waals surface area contributed by atoms with Crippen molar-refractivity contribution in [2.45, 2.75) is 38.3 Å². The molecule has 1 fully saturated rings. The lowest BCUT2D eigenvalue weighted by atomic mass is 9.96. The molecule has 0 saturated carbocycles. The Hall–Kier alpha value is -2.13. The van der Waals surface area contributed by atoms with Gasteiger partial charge in [0.25, 0.3) is 5.91 Å². The minimum atomic E-state index is -0.0192. The van der Waals surface area contributed by atoms with Gasteiger partial charge in [-0.1, -0.05) is 55.3 Å². The highest BCUT2D eigenvalue weighted by Gasteiger charge is 2.16. The predicted molar refractivity (Wildman–Crippen MR) is 93.3 cm³/mol. The third-order valence-electron chi connectivity index (χ3n) is 4.47. The first-order valence-corrected chi connectivity index (χ1v) is 8.49. The van der Waals surface area contributed by atoms with Gasteiger partial charge in [0.05, 0.1) is 0 Å². The molecule has 1 unspecified atom stereocenters. The zero-order valence-electron chi connectivity index (χ0n) is 13.4. The van der Waals surface area contributed by atoms with Gasteiger partial charge in [0.1, 0.15) is 0 Å². The van der Waals surface area contributed by atoms with E-state index < -0.39 is 0 Å². The minimum Gasteiger partial charge on any atom is -0.348 e. The van der Waals surface area contributed by atoms with Crippen LogP contribution in [0.4, 0.5) is 0 Å². The van der Waals surface area contributed by atoms with Gasteiger partial charge in [-0.3, -0.25) is 4.79 Å². The largest absolute Gasteiger partial charge is 0.348 e. The molecule has 0 aromatic heterocycles. The quantitative estimate of drug-likeness (QED) is 0.901. The molecule has 120 valence electrons. The van der Waals surface area contributed by atoms with E-state index >= 15 is 0 Å². The normalized spacial score (nSPS) is 18.2. The van der Waals surface area contributed by atoms with E-state index in [4.69, 9.17) is 0 Å². The third-order valence-corrected chi connectivity index (χ3v) is 4.47. The molecular weight excluding hydrogens is 284 g/mol. The van der Waals surface area contributed by atoms with Crippen LogP contribution in [0.1, 0.15) is 53.2 Å². The Morgan fingerprint density at radius 1 is 1.00 bits per heavy atom. The molecule has 0 radical (unpaired) electrons. The fourth-order valence-corrected chi connectivity index (χ4v) is 3.20. The molecule has 3 heteroatoms. The summed E-state index contributed by atoms with van der Waals surface area (Å²) in [6.07, 6.45) is 4.99. The van der Waals surface area contributed by atoms with Crippen LogP contribution in [0, 0.1) is 0 Å². The van der Waals surface area contributed by atoms with Crippen LogP contribution in [0.25, 0.3) is 0 Å². The molecule has 1 aliphatic heterocycles. The second kappa shape index (κ2) is 7.93. The molecule has 2 N–H and O–H groups in total. The van der Waals surface area contributed by atoms with Crippen molar-refractivity contribution in [1.82, 2.24) is 10.6 Å². The van der Waals surface area contributed by atoms with Gasteiger partial charge in [-0.05, 0) is 42.6 Å². The first-order valence-electron chi connectivity index (χ1n) is 8.49. The molecule has 0 bridgehead atoms. The first-order chi connectivity index (χ1) is 11.3. The molecule has 1 aliphatic rings. The number of hydrogen-bond donors (Lipinski definition) is 2. The summed E-state index contributed by atoms with van der Waals surface area (Å²) in [5.74, 6) is -0.0192. The molecule has 2 aromatic carbocycles. The van der Waals surface area contributed by atoms with Crippen LogP contribution in [-0.2, 0) is 6.54 Å². The lowest BCUT2D eigenvalue weighted by molar-refractivity contribution is 0.0950. The summed E-state index contributed by atoms with van der Waals surface area (Å²) in [6, 6.07) is 18.2. The van der Waals surface area contributed by atoms with Crippen LogP contribution in [0.3, 0.4) is 0 Å². The number of carbonyl (C=O) groups is 1. The van der Waals surface area contributed by atoms with Crippen molar-refractivity contribution in [1.29, 1.82) is 0 Å². The van der Waals surface area contributed by atoms with Crippen molar-refractivity contribution in [2.24, 2.45) is 0 Å². The Bertz CT molecular complexity index is 631. The zero-order chi connectivity index (χ0) is 15.9. The Balaban J connectivity index is 1.69. The van der Waals surface area contributed by atoms with Crippen LogP contribution in [0.5, 0.6) is 0 Å². The van der Waals surface area contributed by atoms with Gasteiger partial charge in [-0.15, -0.1) is 0 Å². The van der Waals surface area contributed by atoms with Crippen LogP contribution < -0.4 is 10.6 Å². The molecule has 3 nitrogen and oxygen atoms in total. The predicted octanol–water partition coefficient (Wildman–Crippen LogP) is 3.82. The number of hydrogen-bond acceptors (Lipinski definition) is 2. The van der Waals surface area contributed by atoms with Gasteiger partial charge in [0.15, 0.2) is 0 Å². The highest BCUT2D eigenvalue weighted by atomic mass is 16.1. The number of rotatable bonds is 4. The van der Waals surface area contributed by atoms with Crippen molar-refractivity contribution in [3.05, 3.63) is 71.3 Å². The summed E-state index contributed by atoms with van der Waals surface area (Å²) in [5, 5.41) is 6.69. The van der Waals surface area contributed by atoms with E-state index in [0.29, 0.717) is 18.2 Å². The SMILES string of the molecule is O=C(NCc1ccccc1C1CCCCCN1)c1ccccc1. The molecule has 0 aliphatic carbocycles. The van der Waals surface area contributed by atoms with Crippen LogP contribution in [0.2, 0.25) is 0 Å². The van der Waals surface area contributed by atoms with Crippen LogP contribution >= 0.6 is 0 Å². The highest BCUT2D eigenvalue weighted by molar-refractivity contribution is 5.94. The van der Waals surface area contributed by atoms with Gasteiger partial charge in [-0.25, -0.2) is 0 Å². The lowest BCUT2D eigenvalue weighted by Crippen LogP contribution is -2.26. The standard InChI is InChI=1S/C20H24N2O/c23-20(16-9-3-1-4-10-16)22-15-17-11-6-7-12-18(17)19-13-5-2-8-14-21-19/h1,3-4,6-7,9-12,19,21H,2,5,8,13-15H2,(H,22,23). The maximum absolute atomic E-state index is 12.2. The molecule has 1 heterocycles. The average molecular weight is 308 g/mol. The van der Waals surface area contributed by atoms with Gasteiger partial charge < -0.3 is 10.6 Å². The van der Waals surface area contributed by atoms with Crippen LogP contribution in [-0.4, -0.2) is 12.5 Å². The van der Waals surface area contributed by atoms with Crippen molar-refractivity contribution in [2.75, 3.05) is 6.54 Å². The second-order valence-corrected chi connectivity index (χ2v) is 6.10. The highest BCUT2D eigenvalue weighted by Crippen LogP contribution is 2.25. The summed E-state index contributed by atoms with van der Waals surface area (Å²) >= 11 is 0. The number of nitrogens with one attached hydrogen (secondary N) is 2. The van der Waals surface area contributed by atoms with Gasteiger partial charge >= 0.3 is 0 Å². The van der Waals surface area contributed by atoms with E-state index in [0.717, 1.165) is 6.54 Å². The number of amides is 1. The zero-order valence-corrected chi connectivity index (χ0v) is 13.4. The molecule has 2 aromatic rings.